The minimum absolute atomic E-state index is 0.0449. The van der Waals surface area contributed by atoms with Crippen molar-refractivity contribution in [2.75, 3.05) is 5.32 Å². The molecule has 1 aromatic rings. The molecular formula is C17H26N4O. The summed E-state index contributed by atoms with van der Waals surface area (Å²) in [5.41, 5.74) is 0.0449. The Morgan fingerprint density at radius 3 is 2.23 bits per heavy atom. The summed E-state index contributed by atoms with van der Waals surface area (Å²) in [5.74, 6) is 2.77. The van der Waals surface area contributed by atoms with Gasteiger partial charge in [0.05, 0.1) is 0 Å². The van der Waals surface area contributed by atoms with E-state index in [0.717, 1.165) is 25.2 Å². The van der Waals surface area contributed by atoms with E-state index < -0.39 is 0 Å². The highest BCUT2D eigenvalue weighted by molar-refractivity contribution is 5.33. The van der Waals surface area contributed by atoms with E-state index in [0.29, 0.717) is 23.7 Å². The first-order valence-electron chi connectivity index (χ1n) is 9.06. The average Bonchev–Trinajstić information content (AvgIpc) is 3.28. The predicted molar refractivity (Wildman–Crippen MR) is 85.9 cm³/mol. The van der Waals surface area contributed by atoms with Crippen LogP contribution in [0.5, 0.6) is 0 Å². The lowest BCUT2D eigenvalue weighted by Crippen LogP contribution is -2.38. The molecule has 0 atom stereocenters. The number of fused-ring (bicyclic) bond motifs is 1. The van der Waals surface area contributed by atoms with Gasteiger partial charge in [0.2, 0.25) is 5.82 Å². The Balaban J connectivity index is 1.59. The fraction of sp³-hybridized carbons (Fsp3) is 0.824. The quantitative estimate of drug-likeness (QED) is 0.929. The van der Waals surface area contributed by atoms with Gasteiger partial charge in [-0.2, -0.15) is 0 Å². The van der Waals surface area contributed by atoms with Gasteiger partial charge >= 0.3 is 0 Å². The van der Waals surface area contributed by atoms with Crippen molar-refractivity contribution >= 4 is 5.82 Å². The van der Waals surface area contributed by atoms with Crippen LogP contribution in [0.4, 0.5) is 5.82 Å². The summed E-state index contributed by atoms with van der Waals surface area (Å²) in [5, 5.41) is 12.1. The molecule has 2 saturated carbocycles. The van der Waals surface area contributed by atoms with Crippen LogP contribution < -0.4 is 10.9 Å². The first kappa shape index (κ1) is 14.2. The van der Waals surface area contributed by atoms with E-state index in [9.17, 15) is 4.79 Å². The van der Waals surface area contributed by atoms with Crippen molar-refractivity contribution in [2.24, 2.45) is 11.8 Å². The van der Waals surface area contributed by atoms with Crippen LogP contribution >= 0.6 is 0 Å². The Bertz CT molecular complexity index is 569. The molecule has 0 saturated heterocycles. The molecule has 3 aliphatic rings. The second kappa shape index (κ2) is 6.01. The van der Waals surface area contributed by atoms with Crippen LogP contribution in [-0.2, 0) is 13.0 Å². The first-order chi connectivity index (χ1) is 10.8. The molecule has 5 heteroatoms. The number of aromatic nitrogens is 3. The summed E-state index contributed by atoms with van der Waals surface area (Å²) >= 11 is 0. The number of hydrogen-bond donors (Lipinski definition) is 1. The summed E-state index contributed by atoms with van der Waals surface area (Å²) in [4.78, 5) is 12.6. The second-order valence-corrected chi connectivity index (χ2v) is 7.28. The number of anilines is 1. The molecule has 0 unspecified atom stereocenters. The van der Waals surface area contributed by atoms with E-state index in [2.05, 4.69) is 15.5 Å². The van der Waals surface area contributed by atoms with Crippen molar-refractivity contribution in [3.63, 3.8) is 0 Å². The van der Waals surface area contributed by atoms with Crippen molar-refractivity contribution in [1.29, 1.82) is 0 Å². The lowest BCUT2D eigenvalue weighted by molar-refractivity contribution is 0.336. The zero-order valence-corrected chi connectivity index (χ0v) is 13.3. The number of hydrogen-bond acceptors (Lipinski definition) is 4. The number of rotatable bonds is 4. The molecule has 0 aromatic carbocycles. The van der Waals surface area contributed by atoms with E-state index in [4.69, 9.17) is 0 Å². The maximum absolute atomic E-state index is 12.6. The second-order valence-electron chi connectivity index (χ2n) is 7.28. The molecule has 0 amide bonds. The summed E-state index contributed by atoms with van der Waals surface area (Å²) in [6.45, 7) is 0.801. The summed E-state index contributed by atoms with van der Waals surface area (Å²) in [7, 11) is 0. The molecule has 0 bridgehead atoms. The van der Waals surface area contributed by atoms with Crippen LogP contribution in [-0.4, -0.2) is 20.8 Å². The minimum Gasteiger partial charge on any atom is -0.361 e. The van der Waals surface area contributed by atoms with E-state index in [1.165, 1.54) is 51.4 Å². The SMILES string of the molecule is O=c1c(NC(C2CCCC2)C2CCCC2)nnc2n1CCC2. The molecule has 2 heterocycles. The smallest absolute Gasteiger partial charge is 0.296 e. The lowest BCUT2D eigenvalue weighted by atomic mass is 9.86. The highest BCUT2D eigenvalue weighted by Gasteiger charge is 2.34. The van der Waals surface area contributed by atoms with Gasteiger partial charge in [-0.05, 0) is 43.9 Å². The molecule has 0 spiro atoms. The van der Waals surface area contributed by atoms with E-state index in [1.807, 2.05) is 4.57 Å². The first-order valence-corrected chi connectivity index (χ1v) is 9.06. The third-order valence-corrected chi connectivity index (χ3v) is 5.93. The molecule has 22 heavy (non-hydrogen) atoms. The van der Waals surface area contributed by atoms with Gasteiger partial charge in [-0.1, -0.05) is 25.7 Å². The fourth-order valence-electron chi connectivity index (χ4n) is 4.76. The molecule has 2 fully saturated rings. The van der Waals surface area contributed by atoms with Crippen molar-refractivity contribution < 1.29 is 0 Å². The maximum atomic E-state index is 12.6. The Hall–Kier alpha value is -1.39. The normalized spacial score (nSPS) is 22.6. The van der Waals surface area contributed by atoms with Crippen LogP contribution in [0.15, 0.2) is 4.79 Å². The molecule has 0 radical (unpaired) electrons. The van der Waals surface area contributed by atoms with Crippen LogP contribution in [0.2, 0.25) is 0 Å². The fourth-order valence-corrected chi connectivity index (χ4v) is 4.76. The molecule has 1 aliphatic heterocycles. The van der Waals surface area contributed by atoms with E-state index in [-0.39, 0.29) is 5.56 Å². The van der Waals surface area contributed by atoms with Gasteiger partial charge in [-0.3, -0.25) is 9.36 Å². The van der Waals surface area contributed by atoms with Gasteiger partial charge in [0.15, 0.2) is 0 Å². The zero-order chi connectivity index (χ0) is 14.9. The van der Waals surface area contributed by atoms with E-state index in [1.54, 1.807) is 0 Å². The van der Waals surface area contributed by atoms with Gasteiger partial charge in [-0.25, -0.2) is 0 Å². The number of nitrogens with one attached hydrogen (secondary N) is 1. The summed E-state index contributed by atoms with van der Waals surface area (Å²) < 4.78 is 1.82. The Kier molecular flexibility index (Phi) is 3.89. The van der Waals surface area contributed by atoms with Crippen LogP contribution in [0.1, 0.15) is 63.6 Å². The van der Waals surface area contributed by atoms with Crippen molar-refractivity contribution in [3.05, 3.63) is 16.2 Å². The molecule has 1 aromatic heterocycles. The van der Waals surface area contributed by atoms with Gasteiger partial charge < -0.3 is 5.32 Å². The van der Waals surface area contributed by atoms with Crippen LogP contribution in [0.3, 0.4) is 0 Å². The monoisotopic (exact) mass is 302 g/mol. The van der Waals surface area contributed by atoms with E-state index >= 15 is 0 Å². The molecule has 120 valence electrons. The third-order valence-electron chi connectivity index (χ3n) is 5.93. The van der Waals surface area contributed by atoms with Gasteiger partial charge in [0.1, 0.15) is 5.82 Å². The van der Waals surface area contributed by atoms with Gasteiger partial charge in [-0.15, -0.1) is 10.2 Å². The molecule has 5 nitrogen and oxygen atoms in total. The zero-order valence-electron chi connectivity index (χ0n) is 13.3. The van der Waals surface area contributed by atoms with Crippen molar-refractivity contribution in [1.82, 2.24) is 14.8 Å². The highest BCUT2D eigenvalue weighted by atomic mass is 16.1. The summed E-state index contributed by atoms with van der Waals surface area (Å²) in [6, 6.07) is 0.423. The summed E-state index contributed by atoms with van der Waals surface area (Å²) in [6.07, 6.45) is 12.5. The standard InChI is InChI=1S/C17H26N4O/c22-17-16(20-19-14-10-5-11-21(14)17)18-15(12-6-1-2-7-12)13-8-3-4-9-13/h12-13,15H,1-11H2,(H,18,20). The van der Waals surface area contributed by atoms with Crippen LogP contribution in [0.25, 0.3) is 0 Å². The van der Waals surface area contributed by atoms with Crippen molar-refractivity contribution in [2.45, 2.75) is 76.8 Å². The molecular weight excluding hydrogens is 276 g/mol. The third kappa shape index (κ3) is 2.55. The van der Waals surface area contributed by atoms with Gasteiger partial charge in [0.25, 0.3) is 5.56 Å². The predicted octanol–water partition coefficient (Wildman–Crippen LogP) is 2.75. The van der Waals surface area contributed by atoms with Crippen molar-refractivity contribution in [3.8, 4) is 0 Å². The average molecular weight is 302 g/mol. The Morgan fingerprint density at radius 1 is 0.955 bits per heavy atom. The Morgan fingerprint density at radius 2 is 1.59 bits per heavy atom. The molecule has 4 rings (SSSR count). The molecule has 1 N–H and O–H groups in total. The Labute approximate surface area is 131 Å². The maximum Gasteiger partial charge on any atom is 0.296 e. The van der Waals surface area contributed by atoms with Gasteiger partial charge in [0, 0.05) is 19.0 Å². The topological polar surface area (TPSA) is 59.8 Å². The highest BCUT2D eigenvalue weighted by Crippen LogP contribution is 2.38. The molecule has 2 aliphatic carbocycles. The largest absolute Gasteiger partial charge is 0.361 e. The lowest BCUT2D eigenvalue weighted by Gasteiger charge is -2.30. The minimum atomic E-state index is 0.0449. The van der Waals surface area contributed by atoms with Crippen LogP contribution in [0, 0.1) is 11.8 Å². The number of nitrogens with zero attached hydrogens (tertiary/aromatic N) is 3. The number of aryl methyl sites for hydroxylation is 1.